The summed E-state index contributed by atoms with van der Waals surface area (Å²) in [5, 5.41) is 12.9. The van der Waals surface area contributed by atoms with Crippen LogP contribution in [0.4, 0.5) is 0 Å². The maximum atomic E-state index is 9.77. The van der Waals surface area contributed by atoms with Crippen LogP contribution in [0.5, 0.6) is 0 Å². The van der Waals surface area contributed by atoms with Gasteiger partial charge in [0.2, 0.25) is 0 Å². The highest BCUT2D eigenvalue weighted by Crippen LogP contribution is 2.07. The fourth-order valence-corrected chi connectivity index (χ4v) is 1.83. The predicted octanol–water partition coefficient (Wildman–Crippen LogP) is 0.966. The van der Waals surface area contributed by atoms with Crippen molar-refractivity contribution in [1.82, 2.24) is 10.2 Å². The van der Waals surface area contributed by atoms with Crippen LogP contribution in [0.25, 0.3) is 0 Å². The molecule has 0 saturated carbocycles. The zero-order valence-corrected chi connectivity index (χ0v) is 13.9. The third-order valence-corrected chi connectivity index (χ3v) is 2.86. The maximum absolute atomic E-state index is 9.77. The number of likely N-dealkylation sites (N-methyl/N-ethyl adjacent to an activating group) is 1. The fourth-order valence-electron chi connectivity index (χ4n) is 1.83. The first-order chi connectivity index (χ1) is 9.41. The third-order valence-electron chi connectivity index (χ3n) is 2.86. The molecule has 5 nitrogen and oxygen atoms in total. The highest BCUT2D eigenvalue weighted by molar-refractivity contribution is 4.61. The Morgan fingerprint density at radius 3 is 2.45 bits per heavy atom. The van der Waals surface area contributed by atoms with Crippen molar-refractivity contribution in [2.75, 3.05) is 53.6 Å². The summed E-state index contributed by atoms with van der Waals surface area (Å²) < 4.78 is 11.1. The number of hydrogen-bond acceptors (Lipinski definition) is 5. The Morgan fingerprint density at radius 2 is 1.85 bits per heavy atom. The molecule has 122 valence electrons. The second-order valence-electron chi connectivity index (χ2n) is 6.05. The van der Waals surface area contributed by atoms with Gasteiger partial charge in [0.05, 0.1) is 32.0 Å². The minimum Gasteiger partial charge on any atom is -0.389 e. The zero-order chi connectivity index (χ0) is 15.4. The summed E-state index contributed by atoms with van der Waals surface area (Å²) in [4.78, 5) is 2.09. The van der Waals surface area contributed by atoms with E-state index in [0.29, 0.717) is 25.7 Å². The van der Waals surface area contributed by atoms with Crippen molar-refractivity contribution in [1.29, 1.82) is 0 Å². The molecule has 2 unspecified atom stereocenters. The Morgan fingerprint density at radius 1 is 1.15 bits per heavy atom. The van der Waals surface area contributed by atoms with Crippen molar-refractivity contribution < 1.29 is 14.6 Å². The largest absolute Gasteiger partial charge is 0.389 e. The minimum absolute atomic E-state index is 0.207. The lowest BCUT2D eigenvalue weighted by Gasteiger charge is -2.18. The van der Waals surface area contributed by atoms with Gasteiger partial charge in [-0.05, 0) is 33.4 Å². The van der Waals surface area contributed by atoms with Crippen LogP contribution in [0, 0.1) is 5.92 Å². The Bertz CT molecular complexity index is 213. The zero-order valence-electron chi connectivity index (χ0n) is 13.9. The monoisotopic (exact) mass is 290 g/mol. The average Bonchev–Trinajstić information content (AvgIpc) is 2.34. The van der Waals surface area contributed by atoms with Crippen molar-refractivity contribution in [3.63, 3.8) is 0 Å². The number of ether oxygens (including phenoxy) is 2. The van der Waals surface area contributed by atoms with Crippen molar-refractivity contribution in [2.45, 2.75) is 39.4 Å². The summed E-state index contributed by atoms with van der Waals surface area (Å²) in [7, 11) is 4.05. The van der Waals surface area contributed by atoms with E-state index in [2.05, 4.69) is 31.0 Å². The molecule has 0 bridgehead atoms. The number of aliphatic hydroxyl groups excluding tert-OH is 1. The number of nitrogens with one attached hydrogen (secondary N) is 1. The van der Waals surface area contributed by atoms with Crippen LogP contribution in [0.15, 0.2) is 0 Å². The molecule has 0 radical (unpaired) electrons. The van der Waals surface area contributed by atoms with Crippen molar-refractivity contribution in [3.05, 3.63) is 0 Å². The summed E-state index contributed by atoms with van der Waals surface area (Å²) >= 11 is 0. The molecule has 2 N–H and O–H groups in total. The van der Waals surface area contributed by atoms with E-state index < -0.39 is 6.10 Å². The first kappa shape index (κ1) is 19.8. The SMILES string of the molecule is CC(C)CC(C)OCC(O)CNCCOCCN(C)C. The first-order valence-corrected chi connectivity index (χ1v) is 7.64. The molecule has 0 fully saturated rings. The number of hydrogen-bond donors (Lipinski definition) is 2. The van der Waals surface area contributed by atoms with Crippen molar-refractivity contribution >= 4 is 0 Å². The lowest BCUT2D eigenvalue weighted by Crippen LogP contribution is -2.33. The van der Waals surface area contributed by atoms with Crippen LogP contribution in [0.2, 0.25) is 0 Å². The van der Waals surface area contributed by atoms with Crippen LogP contribution in [-0.2, 0) is 9.47 Å². The second-order valence-corrected chi connectivity index (χ2v) is 6.05. The summed E-state index contributed by atoms with van der Waals surface area (Å²) in [6.07, 6.45) is 0.783. The van der Waals surface area contributed by atoms with Crippen LogP contribution < -0.4 is 5.32 Å². The molecule has 0 amide bonds. The molecular formula is C15H34N2O3. The van der Waals surface area contributed by atoms with Gasteiger partial charge in [0.1, 0.15) is 0 Å². The molecule has 0 aliphatic carbocycles. The molecule has 0 spiro atoms. The lowest BCUT2D eigenvalue weighted by atomic mass is 10.1. The van der Waals surface area contributed by atoms with Gasteiger partial charge in [0, 0.05) is 19.6 Å². The first-order valence-electron chi connectivity index (χ1n) is 7.64. The van der Waals surface area contributed by atoms with E-state index in [1.807, 2.05) is 14.1 Å². The van der Waals surface area contributed by atoms with E-state index in [0.717, 1.165) is 26.1 Å². The molecule has 20 heavy (non-hydrogen) atoms. The molecule has 0 aromatic carbocycles. The molecular weight excluding hydrogens is 256 g/mol. The van der Waals surface area contributed by atoms with Crippen LogP contribution in [-0.4, -0.2) is 75.8 Å². The minimum atomic E-state index is -0.452. The van der Waals surface area contributed by atoms with E-state index >= 15 is 0 Å². The third kappa shape index (κ3) is 14.2. The Kier molecular flexibility index (Phi) is 12.4. The molecule has 0 aromatic heterocycles. The lowest BCUT2D eigenvalue weighted by molar-refractivity contribution is -0.00899. The van der Waals surface area contributed by atoms with Gasteiger partial charge in [-0.1, -0.05) is 13.8 Å². The summed E-state index contributed by atoms with van der Waals surface area (Å²) in [6, 6.07) is 0. The van der Waals surface area contributed by atoms with Crippen LogP contribution >= 0.6 is 0 Å². The van der Waals surface area contributed by atoms with Gasteiger partial charge in [-0.25, -0.2) is 0 Å². The van der Waals surface area contributed by atoms with Gasteiger partial charge in [-0.2, -0.15) is 0 Å². The van der Waals surface area contributed by atoms with E-state index in [1.165, 1.54) is 0 Å². The Labute approximate surface area is 124 Å². The normalized spacial score (nSPS) is 15.0. The van der Waals surface area contributed by atoms with E-state index in [-0.39, 0.29) is 6.10 Å². The van der Waals surface area contributed by atoms with Gasteiger partial charge < -0.3 is 24.8 Å². The van der Waals surface area contributed by atoms with Gasteiger partial charge in [0.15, 0.2) is 0 Å². The number of nitrogens with zero attached hydrogens (tertiary/aromatic N) is 1. The number of rotatable bonds is 13. The van der Waals surface area contributed by atoms with Crippen molar-refractivity contribution in [2.24, 2.45) is 5.92 Å². The van der Waals surface area contributed by atoms with Crippen LogP contribution in [0.1, 0.15) is 27.2 Å². The van der Waals surface area contributed by atoms with Crippen molar-refractivity contribution in [3.8, 4) is 0 Å². The standard InChI is InChI=1S/C15H34N2O3/c1-13(2)10-14(3)20-12-15(18)11-16-6-8-19-9-7-17(4)5/h13-16,18H,6-12H2,1-5H3. The topological polar surface area (TPSA) is 54.0 Å². The van der Waals surface area contributed by atoms with E-state index in [4.69, 9.17) is 9.47 Å². The molecule has 0 aliphatic heterocycles. The smallest absolute Gasteiger partial charge is 0.0897 e. The molecule has 5 heteroatoms. The van der Waals surface area contributed by atoms with Gasteiger partial charge in [-0.3, -0.25) is 0 Å². The quantitative estimate of drug-likeness (QED) is 0.495. The number of aliphatic hydroxyl groups is 1. The van der Waals surface area contributed by atoms with Gasteiger partial charge in [0.25, 0.3) is 0 Å². The Balaban J connectivity index is 3.34. The molecule has 0 aliphatic rings. The van der Waals surface area contributed by atoms with E-state index in [9.17, 15) is 5.11 Å². The summed E-state index contributed by atoms with van der Waals surface area (Å²) in [5.74, 6) is 0.625. The molecule has 0 aromatic rings. The predicted molar refractivity (Wildman–Crippen MR) is 83.1 cm³/mol. The average molecular weight is 290 g/mol. The van der Waals surface area contributed by atoms with Crippen LogP contribution in [0.3, 0.4) is 0 Å². The highest BCUT2D eigenvalue weighted by atomic mass is 16.5. The second kappa shape index (κ2) is 12.5. The molecule has 0 rings (SSSR count). The molecule has 2 atom stereocenters. The van der Waals surface area contributed by atoms with E-state index in [1.54, 1.807) is 0 Å². The van der Waals surface area contributed by atoms with Gasteiger partial charge in [-0.15, -0.1) is 0 Å². The molecule has 0 saturated heterocycles. The molecule has 0 heterocycles. The summed E-state index contributed by atoms with van der Waals surface area (Å²) in [6.45, 7) is 10.4. The fraction of sp³-hybridized carbons (Fsp3) is 1.00. The highest BCUT2D eigenvalue weighted by Gasteiger charge is 2.09. The Hall–Kier alpha value is -0.200. The van der Waals surface area contributed by atoms with Gasteiger partial charge >= 0.3 is 0 Å². The maximum Gasteiger partial charge on any atom is 0.0897 e. The summed E-state index contributed by atoms with van der Waals surface area (Å²) in [5.41, 5.74) is 0.